The van der Waals surface area contributed by atoms with Crippen molar-refractivity contribution < 1.29 is 9.18 Å². The first-order chi connectivity index (χ1) is 15.2. The first kappa shape index (κ1) is 19.4. The summed E-state index contributed by atoms with van der Waals surface area (Å²) in [6.45, 7) is 0.780. The molecule has 0 bridgehead atoms. The molecule has 0 saturated heterocycles. The van der Waals surface area contributed by atoms with Gasteiger partial charge in [0.1, 0.15) is 11.6 Å². The molecule has 1 aliphatic heterocycles. The van der Waals surface area contributed by atoms with Crippen molar-refractivity contribution >= 4 is 22.5 Å². The van der Waals surface area contributed by atoms with E-state index in [1.54, 1.807) is 18.3 Å². The highest BCUT2D eigenvalue weighted by Crippen LogP contribution is 2.27. The Hall–Kier alpha value is -3.61. The van der Waals surface area contributed by atoms with Crippen LogP contribution < -0.4 is 5.32 Å². The molecule has 3 heterocycles. The monoisotopic (exact) mass is 415 g/mol. The van der Waals surface area contributed by atoms with Gasteiger partial charge in [0.15, 0.2) is 5.82 Å². The molecule has 5 rings (SSSR count). The Labute approximate surface area is 179 Å². The number of para-hydroxylation sites is 1. The lowest BCUT2D eigenvalue weighted by Crippen LogP contribution is -2.15. The van der Waals surface area contributed by atoms with E-state index in [-0.39, 0.29) is 18.1 Å². The third-order valence-corrected chi connectivity index (χ3v) is 5.67. The van der Waals surface area contributed by atoms with Crippen molar-refractivity contribution in [2.45, 2.75) is 38.6 Å². The highest BCUT2D eigenvalue weighted by atomic mass is 19.1. The molecule has 6 nitrogen and oxygen atoms in total. The SMILES string of the molecule is O=C(Cc1cccc2cccnc12)Nc1ccc(F)c(-c2nnc3n2CCCCC3)c1. The van der Waals surface area contributed by atoms with Crippen LogP contribution in [0.4, 0.5) is 10.1 Å². The van der Waals surface area contributed by atoms with Crippen molar-refractivity contribution in [3.8, 4) is 11.4 Å². The van der Waals surface area contributed by atoms with Gasteiger partial charge in [0, 0.05) is 30.2 Å². The smallest absolute Gasteiger partial charge is 0.228 e. The minimum atomic E-state index is -0.379. The number of halogens is 1. The van der Waals surface area contributed by atoms with Gasteiger partial charge in [-0.1, -0.05) is 30.7 Å². The number of pyridine rings is 1. The van der Waals surface area contributed by atoms with Crippen LogP contribution in [0.3, 0.4) is 0 Å². The van der Waals surface area contributed by atoms with E-state index in [9.17, 15) is 9.18 Å². The van der Waals surface area contributed by atoms with Gasteiger partial charge in [0.25, 0.3) is 0 Å². The van der Waals surface area contributed by atoms with E-state index in [1.807, 2.05) is 34.9 Å². The molecule has 7 heteroatoms. The summed E-state index contributed by atoms with van der Waals surface area (Å²) < 4.78 is 16.7. The van der Waals surface area contributed by atoms with E-state index in [0.29, 0.717) is 17.1 Å². The Morgan fingerprint density at radius 1 is 1.06 bits per heavy atom. The summed E-state index contributed by atoms with van der Waals surface area (Å²) in [5.74, 6) is 0.847. The number of anilines is 1. The van der Waals surface area contributed by atoms with E-state index in [0.717, 1.165) is 54.5 Å². The summed E-state index contributed by atoms with van der Waals surface area (Å²) in [6.07, 6.45) is 5.97. The first-order valence-corrected chi connectivity index (χ1v) is 10.5. The average molecular weight is 415 g/mol. The first-order valence-electron chi connectivity index (χ1n) is 10.5. The third-order valence-electron chi connectivity index (χ3n) is 5.67. The highest BCUT2D eigenvalue weighted by molar-refractivity contribution is 5.95. The lowest BCUT2D eigenvalue weighted by Gasteiger charge is -2.11. The normalized spacial score (nSPS) is 13.6. The van der Waals surface area contributed by atoms with Gasteiger partial charge in [-0.15, -0.1) is 10.2 Å². The van der Waals surface area contributed by atoms with E-state index < -0.39 is 0 Å². The van der Waals surface area contributed by atoms with Crippen molar-refractivity contribution in [3.05, 3.63) is 71.9 Å². The van der Waals surface area contributed by atoms with Gasteiger partial charge >= 0.3 is 0 Å². The van der Waals surface area contributed by atoms with Crippen molar-refractivity contribution in [2.24, 2.45) is 0 Å². The zero-order valence-corrected chi connectivity index (χ0v) is 17.0. The van der Waals surface area contributed by atoms with Crippen LogP contribution in [0, 0.1) is 5.82 Å². The minimum absolute atomic E-state index is 0.182. The van der Waals surface area contributed by atoms with Crippen LogP contribution in [0.25, 0.3) is 22.3 Å². The summed E-state index contributed by atoms with van der Waals surface area (Å²) in [5.41, 5.74) is 2.54. The standard InChI is InChI=1S/C24H22FN5O/c25-20-11-10-18(15-19(20)24-29-28-21-9-2-1-3-13-30(21)24)27-22(31)14-17-7-4-6-16-8-5-12-26-23(16)17/h4-8,10-12,15H,1-3,9,13-14H2,(H,27,31). The number of hydrogen-bond acceptors (Lipinski definition) is 4. The van der Waals surface area contributed by atoms with Crippen molar-refractivity contribution in [1.82, 2.24) is 19.7 Å². The number of carbonyl (C=O) groups is 1. The quantitative estimate of drug-likeness (QED) is 0.531. The predicted octanol–water partition coefficient (Wildman–Crippen LogP) is 4.54. The number of carbonyl (C=O) groups excluding carboxylic acids is 1. The molecule has 1 amide bonds. The summed E-state index contributed by atoms with van der Waals surface area (Å²) in [6, 6.07) is 14.2. The third kappa shape index (κ3) is 3.91. The van der Waals surface area contributed by atoms with E-state index in [4.69, 9.17) is 0 Å². The van der Waals surface area contributed by atoms with Gasteiger partial charge in [-0.3, -0.25) is 9.78 Å². The predicted molar refractivity (Wildman–Crippen MR) is 117 cm³/mol. The molecule has 2 aromatic heterocycles. The Morgan fingerprint density at radius 2 is 1.97 bits per heavy atom. The molecule has 31 heavy (non-hydrogen) atoms. The van der Waals surface area contributed by atoms with E-state index in [2.05, 4.69) is 20.5 Å². The van der Waals surface area contributed by atoms with Gasteiger partial charge in [0.05, 0.1) is 17.5 Å². The molecule has 4 aromatic rings. The second-order valence-corrected chi connectivity index (χ2v) is 7.81. The van der Waals surface area contributed by atoms with E-state index in [1.165, 1.54) is 6.07 Å². The van der Waals surface area contributed by atoms with Crippen molar-refractivity contribution in [2.75, 3.05) is 5.32 Å². The number of fused-ring (bicyclic) bond motifs is 2. The number of rotatable bonds is 4. The molecule has 156 valence electrons. The fourth-order valence-corrected chi connectivity index (χ4v) is 4.15. The molecule has 0 aliphatic carbocycles. The van der Waals surface area contributed by atoms with Crippen LogP contribution >= 0.6 is 0 Å². The second kappa shape index (κ2) is 8.26. The van der Waals surface area contributed by atoms with Crippen molar-refractivity contribution in [3.63, 3.8) is 0 Å². The molecule has 0 atom stereocenters. The number of aryl methyl sites for hydroxylation is 1. The molecular weight excluding hydrogens is 393 g/mol. The summed E-state index contributed by atoms with van der Waals surface area (Å²) in [7, 11) is 0. The Morgan fingerprint density at radius 3 is 2.90 bits per heavy atom. The van der Waals surface area contributed by atoms with E-state index >= 15 is 0 Å². The van der Waals surface area contributed by atoms with Crippen molar-refractivity contribution in [1.29, 1.82) is 0 Å². The lowest BCUT2D eigenvalue weighted by atomic mass is 10.1. The zero-order valence-electron chi connectivity index (χ0n) is 17.0. The molecule has 0 fully saturated rings. The molecule has 1 N–H and O–H groups in total. The number of nitrogens with one attached hydrogen (secondary N) is 1. The number of amides is 1. The van der Waals surface area contributed by atoms with Crippen LogP contribution in [0.5, 0.6) is 0 Å². The second-order valence-electron chi connectivity index (χ2n) is 7.81. The fourth-order valence-electron chi connectivity index (χ4n) is 4.15. The zero-order chi connectivity index (χ0) is 21.2. The van der Waals surface area contributed by atoms with Gasteiger partial charge < -0.3 is 9.88 Å². The number of nitrogens with zero attached hydrogens (tertiary/aromatic N) is 4. The Kier molecular flexibility index (Phi) is 5.16. The van der Waals surface area contributed by atoms with Crippen LogP contribution in [-0.4, -0.2) is 25.7 Å². The number of hydrogen-bond donors (Lipinski definition) is 1. The maximum Gasteiger partial charge on any atom is 0.228 e. The maximum absolute atomic E-state index is 14.7. The van der Waals surface area contributed by atoms with Gasteiger partial charge in [-0.2, -0.15) is 0 Å². The lowest BCUT2D eigenvalue weighted by molar-refractivity contribution is -0.115. The fraction of sp³-hybridized carbons (Fsp3) is 0.250. The average Bonchev–Trinajstić information content (AvgIpc) is 3.03. The van der Waals surface area contributed by atoms with Gasteiger partial charge in [-0.25, -0.2) is 4.39 Å². The summed E-state index contributed by atoms with van der Waals surface area (Å²) in [4.78, 5) is 17.1. The molecular formula is C24H22FN5O. The molecule has 0 spiro atoms. The Bertz CT molecular complexity index is 1260. The van der Waals surface area contributed by atoms with Crippen LogP contribution in [0.1, 0.15) is 30.7 Å². The van der Waals surface area contributed by atoms with Crippen LogP contribution in [0.15, 0.2) is 54.7 Å². The Balaban J connectivity index is 1.39. The number of benzene rings is 2. The highest BCUT2D eigenvalue weighted by Gasteiger charge is 2.19. The van der Waals surface area contributed by atoms with Crippen LogP contribution in [0.2, 0.25) is 0 Å². The van der Waals surface area contributed by atoms with Crippen LogP contribution in [-0.2, 0) is 24.2 Å². The molecule has 1 aliphatic rings. The molecule has 0 saturated carbocycles. The number of aromatic nitrogens is 4. The molecule has 0 unspecified atom stereocenters. The molecule has 0 radical (unpaired) electrons. The van der Waals surface area contributed by atoms with Gasteiger partial charge in [-0.05, 0) is 42.7 Å². The largest absolute Gasteiger partial charge is 0.326 e. The summed E-state index contributed by atoms with van der Waals surface area (Å²) in [5, 5.41) is 12.4. The minimum Gasteiger partial charge on any atom is -0.326 e. The van der Waals surface area contributed by atoms with Gasteiger partial charge in [0.2, 0.25) is 5.91 Å². The topological polar surface area (TPSA) is 72.7 Å². The molecule has 2 aromatic carbocycles. The maximum atomic E-state index is 14.7. The summed E-state index contributed by atoms with van der Waals surface area (Å²) >= 11 is 0.